The largest absolute Gasteiger partial charge is 0.508 e. The van der Waals surface area contributed by atoms with E-state index < -0.39 is 0 Å². The molecule has 1 saturated carbocycles. The lowest BCUT2D eigenvalue weighted by molar-refractivity contribution is 0.0681. The van der Waals surface area contributed by atoms with E-state index >= 15 is 0 Å². The summed E-state index contributed by atoms with van der Waals surface area (Å²) in [5.41, 5.74) is 0.240. The van der Waals surface area contributed by atoms with Crippen LogP contribution in [0.1, 0.15) is 43.0 Å². The number of aromatic hydroxyl groups is 2. The van der Waals surface area contributed by atoms with Crippen molar-refractivity contribution in [2.75, 3.05) is 13.6 Å². The molecular weight excluding hydrogens is 268 g/mol. The number of hydrogen-bond donors (Lipinski definition) is 3. The number of carbonyl (C=O) groups is 1. The summed E-state index contributed by atoms with van der Waals surface area (Å²) in [6.45, 7) is 3.08. The third-order valence-electron chi connectivity index (χ3n) is 4.27. The molecule has 1 aliphatic carbocycles. The molecule has 1 fully saturated rings. The molecule has 0 spiro atoms. The molecule has 0 heterocycles. The number of hydrogen-bond acceptors (Lipinski definition) is 4. The van der Waals surface area contributed by atoms with E-state index in [9.17, 15) is 15.0 Å². The Bertz CT molecular complexity index is 496. The van der Waals surface area contributed by atoms with E-state index in [1.54, 1.807) is 11.9 Å². The van der Waals surface area contributed by atoms with Gasteiger partial charge in [-0.1, -0.05) is 6.92 Å². The van der Waals surface area contributed by atoms with Crippen LogP contribution >= 0.6 is 0 Å². The number of phenolic OH excluding ortho intramolecular Hbond substituents is 2. The van der Waals surface area contributed by atoms with Gasteiger partial charge in [0.05, 0.1) is 5.56 Å². The molecule has 1 aromatic rings. The summed E-state index contributed by atoms with van der Waals surface area (Å²) in [5, 5.41) is 22.5. The molecule has 2 rings (SSSR count). The summed E-state index contributed by atoms with van der Waals surface area (Å²) in [4.78, 5) is 14.2. The molecular formula is C16H24N2O3. The number of nitrogens with zero attached hydrogens (tertiary/aromatic N) is 1. The summed E-state index contributed by atoms with van der Waals surface area (Å²) in [6, 6.07) is 4.84. The SMILES string of the molecule is CCNC1CCC(N(C)C(=O)c2ccc(O)cc2O)CC1. The van der Waals surface area contributed by atoms with E-state index in [1.165, 1.54) is 18.2 Å². The first-order valence-electron chi connectivity index (χ1n) is 7.55. The molecule has 5 nitrogen and oxygen atoms in total. The molecule has 21 heavy (non-hydrogen) atoms. The zero-order valence-electron chi connectivity index (χ0n) is 12.7. The first-order valence-corrected chi connectivity index (χ1v) is 7.55. The first kappa shape index (κ1) is 15.6. The van der Waals surface area contributed by atoms with Gasteiger partial charge in [-0.25, -0.2) is 0 Å². The quantitative estimate of drug-likeness (QED) is 0.794. The highest BCUT2D eigenvalue weighted by atomic mass is 16.3. The van der Waals surface area contributed by atoms with Crippen LogP contribution in [0.2, 0.25) is 0 Å². The van der Waals surface area contributed by atoms with Crippen LogP contribution in [-0.2, 0) is 0 Å². The maximum Gasteiger partial charge on any atom is 0.257 e. The second-order valence-corrected chi connectivity index (χ2v) is 5.68. The summed E-state index contributed by atoms with van der Waals surface area (Å²) in [7, 11) is 1.78. The van der Waals surface area contributed by atoms with Crippen LogP contribution in [0.5, 0.6) is 11.5 Å². The zero-order chi connectivity index (χ0) is 15.4. The number of rotatable bonds is 4. The van der Waals surface area contributed by atoms with Crippen molar-refractivity contribution in [2.24, 2.45) is 0 Å². The van der Waals surface area contributed by atoms with Gasteiger partial charge in [0.1, 0.15) is 11.5 Å². The summed E-state index contributed by atoms with van der Waals surface area (Å²) in [6.07, 6.45) is 4.08. The second-order valence-electron chi connectivity index (χ2n) is 5.68. The molecule has 0 aromatic heterocycles. The topological polar surface area (TPSA) is 72.8 Å². The molecule has 116 valence electrons. The normalized spacial score (nSPS) is 22.0. The molecule has 1 aliphatic rings. The van der Waals surface area contributed by atoms with Gasteiger partial charge in [-0.2, -0.15) is 0 Å². The Morgan fingerprint density at radius 2 is 1.95 bits per heavy atom. The van der Waals surface area contributed by atoms with Gasteiger partial charge in [0, 0.05) is 25.2 Å². The monoisotopic (exact) mass is 292 g/mol. The lowest BCUT2D eigenvalue weighted by Crippen LogP contribution is -2.43. The van der Waals surface area contributed by atoms with Gasteiger partial charge in [-0.05, 0) is 44.4 Å². The van der Waals surface area contributed by atoms with Crippen LogP contribution in [0.25, 0.3) is 0 Å². The van der Waals surface area contributed by atoms with Crippen molar-refractivity contribution in [3.63, 3.8) is 0 Å². The van der Waals surface area contributed by atoms with Crippen molar-refractivity contribution < 1.29 is 15.0 Å². The summed E-state index contributed by atoms with van der Waals surface area (Å²) >= 11 is 0. The third-order valence-corrected chi connectivity index (χ3v) is 4.27. The van der Waals surface area contributed by atoms with Crippen LogP contribution < -0.4 is 5.32 Å². The Kier molecular flexibility index (Phi) is 5.07. The van der Waals surface area contributed by atoms with Crippen LogP contribution in [0.4, 0.5) is 0 Å². The smallest absolute Gasteiger partial charge is 0.257 e. The van der Waals surface area contributed by atoms with Gasteiger partial charge >= 0.3 is 0 Å². The molecule has 0 atom stereocenters. The maximum atomic E-state index is 12.5. The van der Waals surface area contributed by atoms with E-state index in [2.05, 4.69) is 12.2 Å². The Labute approximate surface area is 125 Å². The Balaban J connectivity index is 2.00. The highest BCUT2D eigenvalue weighted by Crippen LogP contribution is 2.27. The summed E-state index contributed by atoms with van der Waals surface area (Å²) in [5.74, 6) is -0.412. The van der Waals surface area contributed by atoms with Crippen LogP contribution in [0.15, 0.2) is 18.2 Å². The van der Waals surface area contributed by atoms with Gasteiger partial charge in [0.2, 0.25) is 0 Å². The third kappa shape index (κ3) is 3.67. The van der Waals surface area contributed by atoms with Gasteiger partial charge in [0.15, 0.2) is 0 Å². The molecule has 0 radical (unpaired) electrons. The van der Waals surface area contributed by atoms with Gasteiger partial charge in [0.25, 0.3) is 5.91 Å². The Morgan fingerprint density at radius 3 is 2.52 bits per heavy atom. The van der Waals surface area contributed by atoms with Crippen molar-refractivity contribution in [3.05, 3.63) is 23.8 Å². The molecule has 1 aromatic carbocycles. The van der Waals surface area contributed by atoms with Crippen molar-refractivity contribution in [1.29, 1.82) is 0 Å². The van der Waals surface area contributed by atoms with Crippen molar-refractivity contribution in [1.82, 2.24) is 10.2 Å². The second kappa shape index (κ2) is 6.80. The van der Waals surface area contributed by atoms with Crippen LogP contribution in [-0.4, -0.2) is 46.7 Å². The number of phenols is 2. The lowest BCUT2D eigenvalue weighted by atomic mass is 9.90. The van der Waals surface area contributed by atoms with E-state index in [-0.39, 0.29) is 29.0 Å². The molecule has 1 amide bonds. The average molecular weight is 292 g/mol. The fourth-order valence-corrected chi connectivity index (χ4v) is 3.01. The van der Waals surface area contributed by atoms with E-state index in [0.717, 1.165) is 32.2 Å². The Morgan fingerprint density at radius 1 is 1.29 bits per heavy atom. The van der Waals surface area contributed by atoms with Gasteiger partial charge in [-0.15, -0.1) is 0 Å². The fourth-order valence-electron chi connectivity index (χ4n) is 3.01. The van der Waals surface area contributed by atoms with Crippen molar-refractivity contribution >= 4 is 5.91 Å². The highest BCUT2D eigenvalue weighted by Gasteiger charge is 2.27. The van der Waals surface area contributed by atoms with Crippen LogP contribution in [0.3, 0.4) is 0 Å². The fraction of sp³-hybridized carbons (Fsp3) is 0.562. The van der Waals surface area contributed by atoms with E-state index in [1.807, 2.05) is 0 Å². The van der Waals surface area contributed by atoms with E-state index in [4.69, 9.17) is 0 Å². The van der Waals surface area contributed by atoms with Gasteiger partial charge in [-0.3, -0.25) is 4.79 Å². The minimum atomic E-state index is -0.195. The first-order chi connectivity index (χ1) is 10.0. The van der Waals surface area contributed by atoms with E-state index in [0.29, 0.717) is 6.04 Å². The Hall–Kier alpha value is -1.75. The lowest BCUT2D eigenvalue weighted by Gasteiger charge is -2.35. The molecule has 0 bridgehead atoms. The highest BCUT2D eigenvalue weighted by molar-refractivity contribution is 5.97. The van der Waals surface area contributed by atoms with Gasteiger partial charge < -0.3 is 20.4 Å². The number of benzene rings is 1. The maximum absolute atomic E-state index is 12.5. The molecule has 0 aliphatic heterocycles. The minimum Gasteiger partial charge on any atom is -0.508 e. The predicted octanol–water partition coefficient (Wildman–Crippen LogP) is 2.09. The minimum absolute atomic E-state index is 0.0437. The molecule has 0 unspecified atom stereocenters. The number of amides is 1. The summed E-state index contributed by atoms with van der Waals surface area (Å²) < 4.78 is 0. The van der Waals surface area contributed by atoms with Crippen LogP contribution in [0, 0.1) is 0 Å². The number of carbonyl (C=O) groups excluding carboxylic acids is 1. The standard InChI is InChI=1S/C16H24N2O3/c1-3-17-11-4-6-12(7-5-11)18(2)16(21)14-9-8-13(19)10-15(14)20/h8-12,17,19-20H,3-7H2,1-2H3. The average Bonchev–Trinajstić information content (AvgIpc) is 2.47. The zero-order valence-corrected chi connectivity index (χ0v) is 12.7. The molecule has 5 heteroatoms. The molecule has 3 N–H and O–H groups in total. The number of nitrogens with one attached hydrogen (secondary N) is 1. The van der Waals surface area contributed by atoms with Crippen molar-refractivity contribution in [3.8, 4) is 11.5 Å². The van der Waals surface area contributed by atoms with Crippen molar-refractivity contribution in [2.45, 2.75) is 44.7 Å². The molecule has 0 saturated heterocycles. The predicted molar refractivity (Wildman–Crippen MR) is 81.6 cm³/mol.